The zero-order chi connectivity index (χ0) is 23.9. The topological polar surface area (TPSA) is 85.6 Å². The van der Waals surface area contributed by atoms with E-state index in [9.17, 15) is 9.59 Å². The summed E-state index contributed by atoms with van der Waals surface area (Å²) < 4.78 is 6.73. The fraction of sp³-hybridized carbons (Fsp3) is 0.154. The third kappa shape index (κ3) is 5.35. The molecule has 0 aliphatic rings. The Labute approximate surface area is 201 Å². The minimum Gasteiger partial charge on any atom is -0.497 e. The van der Waals surface area contributed by atoms with Crippen molar-refractivity contribution in [3.05, 3.63) is 94.3 Å². The lowest BCUT2D eigenvalue weighted by atomic mass is 10.1. The normalized spacial score (nSPS) is 11.1. The molecular formula is C26H24N4O3S. The van der Waals surface area contributed by atoms with E-state index in [0.717, 1.165) is 12.0 Å². The maximum absolute atomic E-state index is 13.3. The molecule has 34 heavy (non-hydrogen) atoms. The van der Waals surface area contributed by atoms with Gasteiger partial charge < -0.3 is 4.74 Å². The lowest BCUT2D eigenvalue weighted by Crippen LogP contribution is -2.24. The van der Waals surface area contributed by atoms with Crippen molar-refractivity contribution in [3.63, 3.8) is 0 Å². The summed E-state index contributed by atoms with van der Waals surface area (Å²) in [5.74, 6) is 0.434. The number of rotatable bonds is 8. The molecule has 1 aromatic heterocycles. The number of carbonyl (C=O) groups is 1. The van der Waals surface area contributed by atoms with E-state index in [4.69, 9.17) is 4.74 Å². The van der Waals surface area contributed by atoms with Gasteiger partial charge in [-0.25, -0.2) is 10.4 Å². The summed E-state index contributed by atoms with van der Waals surface area (Å²) in [7, 11) is 1.58. The Bertz CT molecular complexity index is 1380. The molecule has 172 valence electrons. The third-order valence-electron chi connectivity index (χ3n) is 5.20. The highest BCUT2D eigenvalue weighted by Crippen LogP contribution is 2.22. The number of fused-ring (bicyclic) bond motifs is 1. The molecule has 0 spiro atoms. The van der Waals surface area contributed by atoms with Crippen molar-refractivity contribution < 1.29 is 9.53 Å². The van der Waals surface area contributed by atoms with Crippen LogP contribution in [0.25, 0.3) is 16.6 Å². The van der Waals surface area contributed by atoms with Crippen LogP contribution < -0.4 is 15.7 Å². The number of benzene rings is 3. The SMILES string of the molecule is CCc1ccc(/C=N/NC(=O)CSc2nc3ccccc3c(=O)n2-c2ccc(OC)cc2)cc1. The van der Waals surface area contributed by atoms with Crippen LogP contribution in [0.5, 0.6) is 5.75 Å². The molecule has 1 heterocycles. The number of aryl methyl sites for hydroxylation is 1. The summed E-state index contributed by atoms with van der Waals surface area (Å²) >= 11 is 1.17. The zero-order valence-corrected chi connectivity index (χ0v) is 19.7. The van der Waals surface area contributed by atoms with E-state index in [-0.39, 0.29) is 17.2 Å². The van der Waals surface area contributed by atoms with Gasteiger partial charge in [0.05, 0.1) is 35.7 Å². The van der Waals surface area contributed by atoms with E-state index in [1.54, 1.807) is 55.8 Å². The van der Waals surface area contributed by atoms with Crippen LogP contribution in [0.2, 0.25) is 0 Å². The van der Waals surface area contributed by atoms with Gasteiger partial charge in [0.15, 0.2) is 5.16 Å². The molecule has 1 amide bonds. The van der Waals surface area contributed by atoms with Crippen LogP contribution in [0.3, 0.4) is 0 Å². The monoisotopic (exact) mass is 472 g/mol. The summed E-state index contributed by atoms with van der Waals surface area (Å²) in [6.45, 7) is 2.10. The maximum atomic E-state index is 13.3. The van der Waals surface area contributed by atoms with Crippen LogP contribution in [0.15, 0.2) is 87.8 Å². The summed E-state index contributed by atoms with van der Waals surface area (Å²) in [6.07, 6.45) is 2.57. The predicted molar refractivity (Wildman–Crippen MR) is 136 cm³/mol. The lowest BCUT2D eigenvalue weighted by Gasteiger charge is -2.13. The fourth-order valence-electron chi connectivity index (χ4n) is 3.35. The number of para-hydroxylation sites is 1. The third-order valence-corrected chi connectivity index (χ3v) is 6.14. The van der Waals surface area contributed by atoms with E-state index in [2.05, 4.69) is 22.4 Å². The van der Waals surface area contributed by atoms with Gasteiger partial charge >= 0.3 is 0 Å². The Morgan fingerprint density at radius 1 is 1.09 bits per heavy atom. The van der Waals surface area contributed by atoms with Crippen LogP contribution in [-0.4, -0.2) is 34.5 Å². The molecule has 0 saturated carbocycles. The number of aromatic nitrogens is 2. The van der Waals surface area contributed by atoms with Gasteiger partial charge in [-0.3, -0.25) is 14.2 Å². The Hall–Kier alpha value is -3.91. The number of nitrogens with one attached hydrogen (secondary N) is 1. The number of thioether (sulfide) groups is 1. The van der Waals surface area contributed by atoms with Gasteiger partial charge in [0, 0.05) is 0 Å². The largest absolute Gasteiger partial charge is 0.497 e. The molecule has 0 atom stereocenters. The van der Waals surface area contributed by atoms with Gasteiger partial charge in [0.25, 0.3) is 11.5 Å². The van der Waals surface area contributed by atoms with E-state index < -0.39 is 0 Å². The first-order valence-electron chi connectivity index (χ1n) is 10.8. The number of nitrogens with zero attached hydrogens (tertiary/aromatic N) is 3. The summed E-state index contributed by atoms with van der Waals surface area (Å²) in [5.41, 5.74) is 5.69. The Morgan fingerprint density at radius 2 is 1.82 bits per heavy atom. The van der Waals surface area contributed by atoms with Crippen molar-refractivity contribution in [2.24, 2.45) is 5.10 Å². The Balaban J connectivity index is 1.53. The average molecular weight is 473 g/mol. The highest BCUT2D eigenvalue weighted by molar-refractivity contribution is 7.99. The molecule has 0 fully saturated rings. The molecule has 8 heteroatoms. The first kappa shape index (κ1) is 23.3. The molecule has 0 aliphatic carbocycles. The Kier molecular flexibility index (Phi) is 7.39. The molecule has 4 rings (SSSR count). The summed E-state index contributed by atoms with van der Waals surface area (Å²) in [6, 6.07) is 22.3. The van der Waals surface area contributed by atoms with Crippen molar-refractivity contribution in [3.8, 4) is 11.4 Å². The van der Waals surface area contributed by atoms with Crippen LogP contribution in [0.1, 0.15) is 18.1 Å². The van der Waals surface area contributed by atoms with Crippen molar-refractivity contribution in [2.75, 3.05) is 12.9 Å². The number of amides is 1. The molecule has 0 radical (unpaired) electrons. The number of carbonyl (C=O) groups excluding carboxylic acids is 1. The average Bonchev–Trinajstić information content (AvgIpc) is 2.88. The smallest absolute Gasteiger partial charge is 0.266 e. The molecule has 0 unspecified atom stereocenters. The van der Waals surface area contributed by atoms with Crippen LogP contribution in [0.4, 0.5) is 0 Å². The van der Waals surface area contributed by atoms with Crippen LogP contribution in [0, 0.1) is 0 Å². The molecule has 3 aromatic carbocycles. The second-order valence-corrected chi connectivity index (χ2v) is 8.37. The van der Waals surface area contributed by atoms with Gasteiger partial charge in [-0.1, -0.05) is 55.1 Å². The quantitative estimate of drug-likeness (QED) is 0.180. The molecule has 4 aromatic rings. The summed E-state index contributed by atoms with van der Waals surface area (Å²) in [4.78, 5) is 30.3. The number of ether oxygens (including phenoxy) is 1. The van der Waals surface area contributed by atoms with E-state index in [1.807, 2.05) is 30.3 Å². The molecule has 7 nitrogen and oxygen atoms in total. The van der Waals surface area contributed by atoms with Gasteiger partial charge in [-0.05, 0) is 53.9 Å². The molecule has 0 aliphatic heterocycles. The van der Waals surface area contributed by atoms with E-state index in [0.29, 0.717) is 27.5 Å². The highest BCUT2D eigenvalue weighted by atomic mass is 32.2. The van der Waals surface area contributed by atoms with Gasteiger partial charge in [-0.15, -0.1) is 0 Å². The number of hydrogen-bond donors (Lipinski definition) is 1. The van der Waals surface area contributed by atoms with Crippen LogP contribution in [-0.2, 0) is 11.2 Å². The van der Waals surface area contributed by atoms with Gasteiger partial charge in [-0.2, -0.15) is 5.10 Å². The zero-order valence-electron chi connectivity index (χ0n) is 18.9. The number of methoxy groups -OCH3 is 1. The minimum atomic E-state index is -0.296. The fourth-order valence-corrected chi connectivity index (χ4v) is 4.15. The second-order valence-electron chi connectivity index (χ2n) is 7.43. The van der Waals surface area contributed by atoms with Gasteiger partial charge in [0.2, 0.25) is 0 Å². The molecule has 1 N–H and O–H groups in total. The maximum Gasteiger partial charge on any atom is 0.266 e. The highest BCUT2D eigenvalue weighted by Gasteiger charge is 2.15. The number of hydrazone groups is 1. The van der Waals surface area contributed by atoms with Crippen LogP contribution >= 0.6 is 11.8 Å². The van der Waals surface area contributed by atoms with E-state index >= 15 is 0 Å². The molecule has 0 bridgehead atoms. The predicted octanol–water partition coefficient (Wildman–Crippen LogP) is 4.20. The first-order chi connectivity index (χ1) is 16.6. The van der Waals surface area contributed by atoms with Crippen molar-refractivity contribution in [1.29, 1.82) is 0 Å². The van der Waals surface area contributed by atoms with Gasteiger partial charge in [0.1, 0.15) is 5.75 Å². The molecular weight excluding hydrogens is 448 g/mol. The number of hydrogen-bond acceptors (Lipinski definition) is 6. The minimum absolute atomic E-state index is 0.0487. The van der Waals surface area contributed by atoms with Crippen molar-refractivity contribution >= 4 is 34.8 Å². The Morgan fingerprint density at radius 3 is 2.53 bits per heavy atom. The summed E-state index contributed by atoms with van der Waals surface area (Å²) in [5, 5.41) is 4.96. The van der Waals surface area contributed by atoms with Crippen molar-refractivity contribution in [1.82, 2.24) is 15.0 Å². The standard InChI is InChI=1S/C26H24N4O3S/c1-3-18-8-10-19(11-9-18)16-27-29-24(31)17-34-26-28-23-7-5-4-6-22(23)25(32)30(26)20-12-14-21(33-2)15-13-20/h4-16H,3,17H2,1-2H3,(H,29,31)/b27-16+. The van der Waals surface area contributed by atoms with E-state index in [1.165, 1.54) is 21.9 Å². The second kappa shape index (κ2) is 10.8. The molecule has 0 saturated heterocycles. The van der Waals surface area contributed by atoms with Crippen molar-refractivity contribution in [2.45, 2.75) is 18.5 Å². The first-order valence-corrected chi connectivity index (χ1v) is 11.8. The lowest BCUT2D eigenvalue weighted by molar-refractivity contribution is -0.118.